The van der Waals surface area contributed by atoms with Gasteiger partial charge < -0.3 is 10.2 Å². The second-order valence-electron chi connectivity index (χ2n) is 6.53. The van der Waals surface area contributed by atoms with E-state index >= 15 is 0 Å². The Kier molecular flexibility index (Phi) is 4.51. The van der Waals surface area contributed by atoms with Gasteiger partial charge in [-0.2, -0.15) is 5.10 Å². The second kappa shape index (κ2) is 6.96. The van der Waals surface area contributed by atoms with E-state index in [0.29, 0.717) is 17.3 Å². The summed E-state index contributed by atoms with van der Waals surface area (Å²) in [5.41, 5.74) is 3.00. The van der Waals surface area contributed by atoms with Crippen LogP contribution in [0.25, 0.3) is 5.52 Å². The van der Waals surface area contributed by atoms with Crippen LogP contribution in [0.4, 0.5) is 5.82 Å². The first-order valence-electron chi connectivity index (χ1n) is 8.75. The number of hydrogen-bond acceptors (Lipinski definition) is 4. The molecule has 0 bridgehead atoms. The number of halogens is 1. The summed E-state index contributed by atoms with van der Waals surface area (Å²) in [4.78, 5) is 19.5. The molecule has 0 spiro atoms. The van der Waals surface area contributed by atoms with Crippen LogP contribution in [0.3, 0.4) is 0 Å². The fourth-order valence-electron chi connectivity index (χ4n) is 3.27. The summed E-state index contributed by atoms with van der Waals surface area (Å²) in [5.74, 6) is 0.679. The molecule has 0 radical (unpaired) electrons. The van der Waals surface area contributed by atoms with Crippen molar-refractivity contribution >= 4 is 28.8 Å². The smallest absolute Gasteiger partial charge is 0.272 e. The summed E-state index contributed by atoms with van der Waals surface area (Å²) < 4.78 is 1.75. The zero-order valence-corrected chi connectivity index (χ0v) is 15.3. The molecule has 4 rings (SSSR count). The van der Waals surface area contributed by atoms with Crippen molar-refractivity contribution in [1.29, 1.82) is 0 Å². The van der Waals surface area contributed by atoms with Crippen LogP contribution in [0.1, 0.15) is 34.6 Å². The number of nitrogens with zero attached hydrogens (tertiary/aromatic N) is 4. The van der Waals surface area contributed by atoms with E-state index in [1.165, 1.54) is 12.8 Å². The minimum absolute atomic E-state index is 0.223. The Hall–Kier alpha value is -2.60. The Balaban J connectivity index is 1.59. The zero-order valence-electron chi connectivity index (χ0n) is 14.6. The molecule has 26 heavy (non-hydrogen) atoms. The normalized spacial score (nSPS) is 14.2. The summed E-state index contributed by atoms with van der Waals surface area (Å²) in [6.07, 6.45) is 4.18. The Bertz CT molecular complexity index is 962. The van der Waals surface area contributed by atoms with Gasteiger partial charge in [0, 0.05) is 30.7 Å². The molecule has 1 saturated heterocycles. The van der Waals surface area contributed by atoms with Crippen molar-refractivity contribution in [2.45, 2.75) is 26.3 Å². The predicted molar refractivity (Wildman–Crippen MR) is 102 cm³/mol. The number of aryl methyl sites for hydroxylation is 1. The highest BCUT2D eigenvalue weighted by atomic mass is 35.5. The van der Waals surface area contributed by atoms with Gasteiger partial charge in [-0.1, -0.05) is 29.8 Å². The lowest BCUT2D eigenvalue weighted by Gasteiger charge is -2.17. The van der Waals surface area contributed by atoms with Crippen LogP contribution in [0.2, 0.25) is 5.02 Å². The van der Waals surface area contributed by atoms with Gasteiger partial charge in [-0.05, 0) is 31.4 Å². The van der Waals surface area contributed by atoms with E-state index in [1.54, 1.807) is 4.52 Å². The van der Waals surface area contributed by atoms with Gasteiger partial charge in [-0.15, -0.1) is 0 Å². The summed E-state index contributed by atoms with van der Waals surface area (Å²) in [6.45, 7) is 4.29. The Morgan fingerprint density at radius 2 is 2.04 bits per heavy atom. The van der Waals surface area contributed by atoms with Gasteiger partial charge in [0.2, 0.25) is 0 Å². The van der Waals surface area contributed by atoms with Crippen LogP contribution < -0.4 is 10.2 Å². The largest absolute Gasteiger partial charge is 0.355 e. The first kappa shape index (κ1) is 16.8. The molecule has 0 aliphatic carbocycles. The van der Waals surface area contributed by atoms with Crippen LogP contribution in [0.5, 0.6) is 0 Å². The molecular formula is C19H20ClN5O. The van der Waals surface area contributed by atoms with Gasteiger partial charge in [0.25, 0.3) is 5.91 Å². The molecule has 2 aromatic heterocycles. The number of carbonyl (C=O) groups is 1. The van der Waals surface area contributed by atoms with Gasteiger partial charge in [-0.25, -0.2) is 9.50 Å². The van der Waals surface area contributed by atoms with Crippen molar-refractivity contribution < 1.29 is 4.79 Å². The Morgan fingerprint density at radius 1 is 1.27 bits per heavy atom. The lowest BCUT2D eigenvalue weighted by molar-refractivity contribution is 0.0945. The van der Waals surface area contributed by atoms with Crippen molar-refractivity contribution in [1.82, 2.24) is 19.9 Å². The maximum absolute atomic E-state index is 12.6. The van der Waals surface area contributed by atoms with Gasteiger partial charge in [-0.3, -0.25) is 4.79 Å². The van der Waals surface area contributed by atoms with Gasteiger partial charge in [0.05, 0.1) is 11.9 Å². The van der Waals surface area contributed by atoms with Crippen molar-refractivity contribution in [3.8, 4) is 0 Å². The average Bonchev–Trinajstić information content (AvgIpc) is 3.29. The van der Waals surface area contributed by atoms with E-state index in [-0.39, 0.29) is 5.91 Å². The molecule has 1 N–H and O–H groups in total. The number of fused-ring (bicyclic) bond motifs is 1. The third-order valence-electron chi connectivity index (χ3n) is 4.59. The first-order valence-corrected chi connectivity index (χ1v) is 9.13. The lowest BCUT2D eigenvalue weighted by Crippen LogP contribution is -2.23. The van der Waals surface area contributed by atoms with Crippen LogP contribution in [0.15, 0.2) is 36.5 Å². The molecule has 7 heteroatoms. The molecule has 0 atom stereocenters. The number of rotatable bonds is 4. The quantitative estimate of drug-likeness (QED) is 0.767. The van der Waals surface area contributed by atoms with Crippen molar-refractivity contribution in [2.75, 3.05) is 18.0 Å². The van der Waals surface area contributed by atoms with Gasteiger partial charge in [0.1, 0.15) is 5.52 Å². The van der Waals surface area contributed by atoms with Gasteiger partial charge >= 0.3 is 0 Å². The molecule has 1 amide bonds. The molecule has 0 saturated carbocycles. The topological polar surface area (TPSA) is 62.5 Å². The Labute approximate surface area is 156 Å². The second-order valence-corrected chi connectivity index (χ2v) is 6.94. The zero-order chi connectivity index (χ0) is 18.1. The minimum atomic E-state index is -0.223. The highest BCUT2D eigenvalue weighted by Crippen LogP contribution is 2.24. The van der Waals surface area contributed by atoms with E-state index in [0.717, 1.165) is 35.7 Å². The Morgan fingerprint density at radius 3 is 2.81 bits per heavy atom. The molecule has 134 valence electrons. The maximum atomic E-state index is 12.6. The standard InChI is InChI=1S/C19H20ClN5O/c1-13-12-25-17(18(22-13)24-8-4-5-9-24)10-16(23-25)19(26)21-11-14-6-2-3-7-15(14)20/h2-3,6-7,10,12H,4-5,8-9,11H2,1H3,(H,21,26). The van der Waals surface area contributed by atoms with Crippen molar-refractivity contribution in [3.05, 3.63) is 58.5 Å². The monoisotopic (exact) mass is 369 g/mol. The van der Waals surface area contributed by atoms with E-state index in [4.69, 9.17) is 11.6 Å². The SMILES string of the molecule is Cc1cn2nc(C(=O)NCc3ccccc3Cl)cc2c(N2CCCC2)n1. The molecule has 1 aromatic carbocycles. The van der Waals surface area contributed by atoms with E-state index in [1.807, 2.05) is 43.5 Å². The fourth-order valence-corrected chi connectivity index (χ4v) is 3.47. The molecule has 3 aromatic rings. The predicted octanol–water partition coefficient (Wildman–Crippen LogP) is 3.22. The third kappa shape index (κ3) is 3.24. The highest BCUT2D eigenvalue weighted by molar-refractivity contribution is 6.31. The van der Waals surface area contributed by atoms with Crippen LogP contribution >= 0.6 is 11.6 Å². The molecule has 6 nitrogen and oxygen atoms in total. The summed E-state index contributed by atoms with van der Waals surface area (Å²) in [5, 5.41) is 7.97. The molecule has 1 aliphatic heterocycles. The average molecular weight is 370 g/mol. The molecule has 1 aliphatic rings. The summed E-state index contributed by atoms with van der Waals surface area (Å²) in [7, 11) is 0. The van der Waals surface area contributed by atoms with Crippen molar-refractivity contribution in [2.24, 2.45) is 0 Å². The van der Waals surface area contributed by atoms with Gasteiger partial charge in [0.15, 0.2) is 11.5 Å². The first-order chi connectivity index (χ1) is 12.6. The van der Waals surface area contributed by atoms with Crippen LogP contribution in [-0.2, 0) is 6.54 Å². The number of carbonyl (C=O) groups excluding carboxylic acids is 1. The number of aromatic nitrogens is 3. The molecule has 0 unspecified atom stereocenters. The number of anilines is 1. The molecular weight excluding hydrogens is 350 g/mol. The minimum Gasteiger partial charge on any atom is -0.355 e. The fraction of sp³-hybridized carbons (Fsp3) is 0.316. The van der Waals surface area contributed by atoms with E-state index < -0.39 is 0 Å². The number of amides is 1. The summed E-state index contributed by atoms with van der Waals surface area (Å²) >= 11 is 6.14. The number of benzene rings is 1. The molecule has 1 fully saturated rings. The van der Waals surface area contributed by atoms with Crippen molar-refractivity contribution in [3.63, 3.8) is 0 Å². The van der Waals surface area contributed by atoms with Crippen LogP contribution in [-0.4, -0.2) is 33.6 Å². The summed E-state index contributed by atoms with van der Waals surface area (Å²) in [6, 6.07) is 9.28. The van der Waals surface area contributed by atoms with E-state index in [9.17, 15) is 4.79 Å². The number of nitrogens with one attached hydrogen (secondary N) is 1. The number of hydrogen-bond donors (Lipinski definition) is 1. The highest BCUT2D eigenvalue weighted by Gasteiger charge is 2.20. The maximum Gasteiger partial charge on any atom is 0.272 e. The lowest BCUT2D eigenvalue weighted by atomic mass is 10.2. The van der Waals surface area contributed by atoms with Crippen LogP contribution in [0, 0.1) is 6.92 Å². The third-order valence-corrected chi connectivity index (χ3v) is 4.96. The van der Waals surface area contributed by atoms with E-state index in [2.05, 4.69) is 20.3 Å². The molecule has 3 heterocycles.